The molecular weight excluding hydrogens is 536 g/mol. The van der Waals surface area contributed by atoms with E-state index >= 15 is 0 Å². The lowest BCUT2D eigenvalue weighted by molar-refractivity contribution is -0.385. The standard InChI is InChI=1S/C30H25F2N3O6/c1-40-26-14-9-21(16-25(26)35(38)39)30(37)41-17-27(36)34-29(19-7-12-23(32)13-8-19)24-4-2-3-20(28(24)33-34)15-18-5-10-22(31)11-6-18/h5-16,24,29H,2-4,17H2,1H3. The lowest BCUT2D eigenvalue weighted by atomic mass is 9.77. The van der Waals surface area contributed by atoms with Gasteiger partial charge < -0.3 is 9.47 Å². The van der Waals surface area contributed by atoms with Crippen molar-refractivity contribution in [3.05, 3.63) is 111 Å². The minimum Gasteiger partial charge on any atom is -0.490 e. The van der Waals surface area contributed by atoms with Gasteiger partial charge in [-0.2, -0.15) is 5.10 Å². The van der Waals surface area contributed by atoms with Crippen molar-refractivity contribution in [2.24, 2.45) is 11.0 Å². The number of carbonyl (C=O) groups excluding carboxylic acids is 2. The van der Waals surface area contributed by atoms with E-state index in [1.165, 1.54) is 48.5 Å². The maximum absolute atomic E-state index is 13.7. The fraction of sp³-hybridized carbons (Fsp3) is 0.233. The number of amides is 1. The first kappa shape index (κ1) is 27.6. The van der Waals surface area contributed by atoms with Crippen LogP contribution in [0, 0.1) is 27.7 Å². The van der Waals surface area contributed by atoms with Gasteiger partial charge in [0.05, 0.1) is 29.4 Å². The van der Waals surface area contributed by atoms with Crippen molar-refractivity contribution in [3.63, 3.8) is 0 Å². The highest BCUT2D eigenvalue weighted by atomic mass is 19.1. The van der Waals surface area contributed by atoms with Crippen LogP contribution in [0.5, 0.6) is 5.75 Å². The number of ether oxygens (including phenoxy) is 2. The first-order valence-corrected chi connectivity index (χ1v) is 12.9. The van der Waals surface area contributed by atoms with Crippen molar-refractivity contribution >= 4 is 29.4 Å². The van der Waals surface area contributed by atoms with Crippen molar-refractivity contribution < 1.29 is 32.8 Å². The third-order valence-corrected chi connectivity index (χ3v) is 7.12. The van der Waals surface area contributed by atoms with Gasteiger partial charge in [-0.15, -0.1) is 0 Å². The Labute approximate surface area is 233 Å². The SMILES string of the molecule is COc1ccc(C(=O)OCC(=O)N2N=C3C(=Cc4ccc(F)cc4)CCCC3C2c2ccc(F)cc2)cc1[N+](=O)[O-]. The summed E-state index contributed by atoms with van der Waals surface area (Å²) in [6.07, 6.45) is 4.16. The molecule has 1 fully saturated rings. The summed E-state index contributed by atoms with van der Waals surface area (Å²) in [5, 5.41) is 17.2. The molecule has 5 rings (SSSR count). The Kier molecular flexibility index (Phi) is 7.86. The Morgan fingerprint density at radius 2 is 1.76 bits per heavy atom. The van der Waals surface area contributed by atoms with E-state index in [-0.39, 0.29) is 23.0 Å². The number of hydrazone groups is 1. The summed E-state index contributed by atoms with van der Waals surface area (Å²) in [6.45, 7) is -0.670. The molecule has 2 atom stereocenters. The predicted molar refractivity (Wildman–Crippen MR) is 145 cm³/mol. The van der Waals surface area contributed by atoms with E-state index in [2.05, 4.69) is 5.10 Å². The monoisotopic (exact) mass is 561 g/mol. The largest absolute Gasteiger partial charge is 0.490 e. The molecular formula is C30H25F2N3O6. The predicted octanol–water partition coefficient (Wildman–Crippen LogP) is 5.86. The average Bonchev–Trinajstić information content (AvgIpc) is 3.37. The molecule has 0 N–H and O–H groups in total. The molecule has 1 saturated carbocycles. The summed E-state index contributed by atoms with van der Waals surface area (Å²) < 4.78 is 37.3. The minimum atomic E-state index is -0.927. The van der Waals surface area contributed by atoms with Crippen molar-refractivity contribution in [2.75, 3.05) is 13.7 Å². The molecule has 1 amide bonds. The number of nitro benzene ring substituents is 1. The van der Waals surface area contributed by atoms with Gasteiger partial charge in [-0.1, -0.05) is 24.3 Å². The van der Waals surface area contributed by atoms with Crippen LogP contribution in [0.25, 0.3) is 6.08 Å². The number of nitro groups is 1. The first-order valence-electron chi connectivity index (χ1n) is 12.9. The van der Waals surface area contributed by atoms with Crippen LogP contribution in [-0.4, -0.2) is 41.2 Å². The molecule has 2 unspecified atom stereocenters. The van der Waals surface area contributed by atoms with E-state index in [9.17, 15) is 28.5 Å². The summed E-state index contributed by atoms with van der Waals surface area (Å²) in [6, 6.07) is 14.9. The number of allylic oxidation sites excluding steroid dienone is 1. The fourth-order valence-electron chi connectivity index (χ4n) is 5.20. The van der Waals surface area contributed by atoms with E-state index in [0.717, 1.165) is 30.0 Å². The fourth-order valence-corrected chi connectivity index (χ4v) is 5.20. The second kappa shape index (κ2) is 11.7. The topological polar surface area (TPSA) is 111 Å². The Morgan fingerprint density at radius 1 is 1.07 bits per heavy atom. The number of hydrogen-bond acceptors (Lipinski definition) is 7. The third-order valence-electron chi connectivity index (χ3n) is 7.12. The van der Waals surface area contributed by atoms with Gasteiger partial charge in [0.1, 0.15) is 11.6 Å². The minimum absolute atomic E-state index is 0.0234. The first-order chi connectivity index (χ1) is 19.7. The van der Waals surface area contributed by atoms with Crippen molar-refractivity contribution in [1.82, 2.24) is 5.01 Å². The number of hydrogen-bond donors (Lipinski definition) is 0. The molecule has 1 heterocycles. The molecule has 0 saturated heterocycles. The van der Waals surface area contributed by atoms with E-state index in [0.29, 0.717) is 17.7 Å². The highest BCUT2D eigenvalue weighted by molar-refractivity contribution is 6.08. The van der Waals surface area contributed by atoms with E-state index in [4.69, 9.17) is 9.47 Å². The molecule has 3 aromatic carbocycles. The maximum atomic E-state index is 13.7. The van der Waals surface area contributed by atoms with Crippen LogP contribution in [0.4, 0.5) is 14.5 Å². The number of methoxy groups -OCH3 is 1. The molecule has 0 bridgehead atoms. The van der Waals surface area contributed by atoms with Gasteiger partial charge >= 0.3 is 11.7 Å². The van der Waals surface area contributed by atoms with E-state index in [1.807, 2.05) is 6.08 Å². The quantitative estimate of drug-likeness (QED) is 0.203. The Hall–Kier alpha value is -4.93. The second-order valence-electron chi connectivity index (χ2n) is 9.66. The van der Waals surface area contributed by atoms with Gasteiger partial charge in [-0.3, -0.25) is 14.9 Å². The summed E-state index contributed by atoms with van der Waals surface area (Å²) in [5.41, 5.74) is 2.52. The number of nitrogens with zero attached hydrogens (tertiary/aromatic N) is 3. The molecule has 210 valence electrons. The van der Waals surface area contributed by atoms with E-state index in [1.54, 1.807) is 24.3 Å². The van der Waals surface area contributed by atoms with Crippen molar-refractivity contribution in [1.29, 1.82) is 0 Å². The van der Waals surface area contributed by atoms with Crippen LogP contribution < -0.4 is 4.74 Å². The number of halogens is 2. The van der Waals surface area contributed by atoms with Gasteiger partial charge in [0.2, 0.25) is 0 Å². The number of benzene rings is 3. The molecule has 0 aromatic heterocycles. The van der Waals surface area contributed by atoms with Crippen LogP contribution in [-0.2, 0) is 9.53 Å². The van der Waals surface area contributed by atoms with Gasteiger partial charge in [0.25, 0.3) is 5.91 Å². The number of carbonyl (C=O) groups is 2. The van der Waals surface area contributed by atoms with Gasteiger partial charge in [0, 0.05) is 12.0 Å². The normalized spacial score (nSPS) is 19.0. The third kappa shape index (κ3) is 5.84. The summed E-state index contributed by atoms with van der Waals surface area (Å²) in [7, 11) is 1.27. The molecule has 0 spiro atoms. The van der Waals surface area contributed by atoms with Crippen LogP contribution in [0.15, 0.2) is 77.4 Å². The van der Waals surface area contributed by atoms with Crippen LogP contribution in [0.1, 0.15) is 46.8 Å². The molecule has 1 aliphatic carbocycles. The Bertz CT molecular complexity index is 1550. The lowest BCUT2D eigenvalue weighted by Gasteiger charge is -2.29. The molecule has 9 nitrogen and oxygen atoms in total. The van der Waals surface area contributed by atoms with Gasteiger partial charge in [0.15, 0.2) is 12.4 Å². The molecule has 41 heavy (non-hydrogen) atoms. The Balaban J connectivity index is 1.41. The second-order valence-corrected chi connectivity index (χ2v) is 9.66. The molecule has 11 heteroatoms. The lowest BCUT2D eigenvalue weighted by Crippen LogP contribution is -2.34. The number of rotatable bonds is 7. The number of esters is 1. The van der Waals surface area contributed by atoms with Crippen molar-refractivity contribution in [3.8, 4) is 5.75 Å². The zero-order chi connectivity index (χ0) is 29.1. The molecule has 0 radical (unpaired) electrons. The number of fused-ring (bicyclic) bond motifs is 1. The highest BCUT2D eigenvalue weighted by Crippen LogP contribution is 2.44. The van der Waals surface area contributed by atoms with E-state index < -0.39 is 41.0 Å². The Morgan fingerprint density at radius 3 is 2.41 bits per heavy atom. The summed E-state index contributed by atoms with van der Waals surface area (Å²) in [4.78, 5) is 36.8. The van der Waals surface area contributed by atoms with Crippen LogP contribution in [0.2, 0.25) is 0 Å². The zero-order valence-electron chi connectivity index (χ0n) is 22.0. The summed E-state index contributed by atoms with van der Waals surface area (Å²) in [5.74, 6) is -2.52. The van der Waals surface area contributed by atoms with Gasteiger partial charge in [-0.25, -0.2) is 18.6 Å². The molecule has 2 aliphatic rings. The average molecular weight is 562 g/mol. The zero-order valence-corrected chi connectivity index (χ0v) is 22.0. The maximum Gasteiger partial charge on any atom is 0.338 e. The molecule has 3 aromatic rings. The summed E-state index contributed by atoms with van der Waals surface area (Å²) >= 11 is 0. The van der Waals surface area contributed by atoms with Crippen LogP contribution in [0.3, 0.4) is 0 Å². The molecule has 1 aliphatic heterocycles. The van der Waals surface area contributed by atoms with Gasteiger partial charge in [-0.05, 0) is 78.4 Å². The van der Waals surface area contributed by atoms with Crippen molar-refractivity contribution in [2.45, 2.75) is 25.3 Å². The highest BCUT2D eigenvalue weighted by Gasteiger charge is 2.44. The van der Waals surface area contributed by atoms with Crippen LogP contribution >= 0.6 is 0 Å². The smallest absolute Gasteiger partial charge is 0.338 e.